The second kappa shape index (κ2) is 11.3. The topological polar surface area (TPSA) is 134 Å². The summed E-state index contributed by atoms with van der Waals surface area (Å²) in [6, 6.07) is 7.87. The fourth-order valence-corrected chi connectivity index (χ4v) is 4.32. The predicted octanol–water partition coefficient (Wildman–Crippen LogP) is 1.95. The first kappa shape index (κ1) is 26.3. The van der Waals surface area contributed by atoms with Gasteiger partial charge < -0.3 is 19.5 Å². The molecular weight excluding hydrogens is 454 g/mol. The number of benzene rings is 1. The van der Waals surface area contributed by atoms with Crippen LogP contribution < -0.4 is 5.32 Å². The molecule has 0 fully saturated rings. The number of nitrogens with one attached hydrogen (secondary N) is 1. The van der Waals surface area contributed by atoms with Crippen LogP contribution in [0.25, 0.3) is 0 Å². The maximum Gasteiger partial charge on any atom is 0.407 e. The lowest BCUT2D eigenvalue weighted by Gasteiger charge is -2.42. The van der Waals surface area contributed by atoms with E-state index in [1.54, 1.807) is 37.3 Å². The predicted molar refractivity (Wildman–Crippen MR) is 117 cm³/mol. The molecule has 2 rings (SSSR count). The maximum atomic E-state index is 13.0. The molecule has 1 N–H and O–H groups in total. The Kier molecular flexibility index (Phi) is 9.00. The van der Waals surface area contributed by atoms with E-state index in [1.165, 1.54) is 0 Å². The van der Waals surface area contributed by atoms with Gasteiger partial charge in [0.2, 0.25) is 0 Å². The number of hydrogen-bond acceptors (Lipinski definition) is 9. The van der Waals surface area contributed by atoms with Crippen molar-refractivity contribution in [1.29, 1.82) is 0 Å². The van der Waals surface area contributed by atoms with Crippen molar-refractivity contribution in [1.82, 2.24) is 5.32 Å². The number of ether oxygens (including phenoxy) is 3. The first-order valence-electron chi connectivity index (χ1n) is 10.3. The SMILES string of the molecule is CCC1=C[C@@H](COS(C)(=O)=O)CC(C(=O)OC)(C(=O)OC)[C@H]1NC(=O)OCc1ccccc1. The maximum absolute atomic E-state index is 13.0. The molecule has 1 aliphatic carbocycles. The van der Waals surface area contributed by atoms with Crippen molar-refractivity contribution >= 4 is 28.1 Å². The fraction of sp³-hybridized carbons (Fsp3) is 0.500. The Bertz CT molecular complexity index is 972. The molecule has 0 saturated heterocycles. The molecule has 0 spiro atoms. The van der Waals surface area contributed by atoms with Crippen molar-refractivity contribution < 1.29 is 41.2 Å². The molecule has 0 heterocycles. The van der Waals surface area contributed by atoms with Crippen LogP contribution in [0.4, 0.5) is 4.79 Å². The van der Waals surface area contributed by atoms with E-state index >= 15 is 0 Å². The lowest BCUT2D eigenvalue weighted by atomic mass is 9.66. The quantitative estimate of drug-likeness (QED) is 0.184. The number of amides is 1. The van der Waals surface area contributed by atoms with Gasteiger partial charge in [0, 0.05) is 5.92 Å². The van der Waals surface area contributed by atoms with Gasteiger partial charge >= 0.3 is 18.0 Å². The van der Waals surface area contributed by atoms with Gasteiger partial charge in [-0.3, -0.25) is 13.8 Å². The summed E-state index contributed by atoms with van der Waals surface area (Å²) in [5.41, 5.74) is -0.690. The highest BCUT2D eigenvalue weighted by Crippen LogP contribution is 2.43. The van der Waals surface area contributed by atoms with Crippen molar-refractivity contribution in [2.24, 2.45) is 11.3 Å². The Morgan fingerprint density at radius 3 is 2.21 bits per heavy atom. The summed E-state index contributed by atoms with van der Waals surface area (Å²) in [5.74, 6) is -2.48. The Labute approximate surface area is 193 Å². The Balaban J connectivity index is 2.39. The molecule has 0 aromatic heterocycles. The zero-order valence-electron chi connectivity index (χ0n) is 19.0. The highest BCUT2D eigenvalue weighted by atomic mass is 32.2. The van der Waals surface area contributed by atoms with E-state index in [4.69, 9.17) is 18.4 Å². The summed E-state index contributed by atoms with van der Waals surface area (Å²) < 4.78 is 43.0. The highest BCUT2D eigenvalue weighted by molar-refractivity contribution is 7.85. The molecule has 1 aromatic carbocycles. The molecule has 0 saturated carbocycles. The van der Waals surface area contributed by atoms with Crippen LogP contribution in [0.1, 0.15) is 25.3 Å². The lowest BCUT2D eigenvalue weighted by molar-refractivity contribution is -0.172. The molecule has 0 bridgehead atoms. The Morgan fingerprint density at radius 1 is 1.09 bits per heavy atom. The van der Waals surface area contributed by atoms with Crippen molar-refractivity contribution in [3.63, 3.8) is 0 Å². The van der Waals surface area contributed by atoms with Crippen LogP contribution in [0.3, 0.4) is 0 Å². The van der Waals surface area contributed by atoms with Crippen molar-refractivity contribution in [3.05, 3.63) is 47.5 Å². The molecule has 1 amide bonds. The minimum absolute atomic E-state index is 0.0150. The van der Waals surface area contributed by atoms with E-state index in [0.717, 1.165) is 26.0 Å². The van der Waals surface area contributed by atoms with E-state index < -0.39 is 45.5 Å². The van der Waals surface area contributed by atoms with Gasteiger partial charge in [-0.05, 0) is 18.4 Å². The van der Waals surface area contributed by atoms with Crippen molar-refractivity contribution in [2.45, 2.75) is 32.4 Å². The monoisotopic (exact) mass is 483 g/mol. The molecule has 0 unspecified atom stereocenters. The van der Waals surface area contributed by atoms with Crippen LogP contribution in [0.2, 0.25) is 0 Å². The van der Waals surface area contributed by atoms with Gasteiger partial charge in [-0.1, -0.05) is 48.9 Å². The summed E-state index contributed by atoms with van der Waals surface area (Å²) in [5, 5.41) is 2.61. The Morgan fingerprint density at radius 2 is 1.70 bits per heavy atom. The second-order valence-corrected chi connectivity index (χ2v) is 9.29. The van der Waals surface area contributed by atoms with E-state index in [9.17, 15) is 22.8 Å². The van der Waals surface area contributed by atoms with E-state index in [1.807, 2.05) is 6.07 Å². The van der Waals surface area contributed by atoms with Gasteiger partial charge in [-0.15, -0.1) is 0 Å². The standard InChI is InChI=1S/C22H29NO9S/c1-5-17-11-16(14-32-33(4,27)28)12-22(19(24)29-2,20(25)30-3)18(17)23-21(26)31-13-15-9-7-6-8-10-15/h6-11,16,18H,5,12-14H2,1-4H3,(H,23,26)/t16-,18+/m1/s1. The van der Waals surface area contributed by atoms with Gasteiger partial charge in [-0.2, -0.15) is 8.42 Å². The number of hydrogen-bond donors (Lipinski definition) is 1. The normalized spacial score (nSPS) is 19.7. The number of carbonyl (C=O) groups is 3. The third kappa shape index (κ3) is 6.55. The molecule has 1 aliphatic rings. The summed E-state index contributed by atoms with van der Waals surface area (Å²) in [6.45, 7) is 1.47. The third-order valence-electron chi connectivity index (χ3n) is 5.38. The zero-order chi connectivity index (χ0) is 24.6. The van der Waals surface area contributed by atoms with Crippen LogP contribution in [0.5, 0.6) is 0 Å². The summed E-state index contributed by atoms with van der Waals surface area (Å²) >= 11 is 0. The molecule has 182 valence electrons. The molecule has 0 radical (unpaired) electrons. The molecule has 33 heavy (non-hydrogen) atoms. The fourth-order valence-electron chi connectivity index (χ4n) is 3.89. The van der Waals surface area contributed by atoms with Gasteiger partial charge in [-0.25, -0.2) is 4.79 Å². The van der Waals surface area contributed by atoms with E-state index in [0.29, 0.717) is 12.0 Å². The minimum atomic E-state index is -3.75. The number of esters is 2. The highest BCUT2D eigenvalue weighted by Gasteiger charge is 2.59. The zero-order valence-corrected chi connectivity index (χ0v) is 19.8. The van der Waals surface area contributed by atoms with E-state index in [-0.39, 0.29) is 19.6 Å². The Hall–Kier alpha value is -2.92. The molecule has 2 atom stereocenters. The van der Waals surface area contributed by atoms with Gasteiger partial charge in [0.1, 0.15) is 6.61 Å². The summed E-state index contributed by atoms with van der Waals surface area (Å²) in [6.07, 6.45) is 1.90. The minimum Gasteiger partial charge on any atom is -0.468 e. The van der Waals surface area contributed by atoms with Crippen LogP contribution in [-0.2, 0) is 44.7 Å². The second-order valence-electron chi connectivity index (χ2n) is 7.64. The molecule has 1 aromatic rings. The third-order valence-corrected chi connectivity index (χ3v) is 5.94. The number of methoxy groups -OCH3 is 2. The number of alkyl carbamates (subject to hydrolysis) is 1. The summed E-state index contributed by atoms with van der Waals surface area (Å²) in [4.78, 5) is 38.6. The van der Waals surface area contributed by atoms with E-state index in [2.05, 4.69) is 5.32 Å². The smallest absolute Gasteiger partial charge is 0.407 e. The average molecular weight is 484 g/mol. The molecular formula is C22H29NO9S. The molecule has 10 nitrogen and oxygen atoms in total. The summed E-state index contributed by atoms with van der Waals surface area (Å²) in [7, 11) is -1.52. The van der Waals surface area contributed by atoms with Gasteiger partial charge in [0.15, 0.2) is 5.41 Å². The number of carbonyl (C=O) groups excluding carboxylic acids is 3. The van der Waals surface area contributed by atoms with Crippen molar-refractivity contribution in [3.8, 4) is 0 Å². The van der Waals surface area contributed by atoms with Crippen molar-refractivity contribution in [2.75, 3.05) is 27.1 Å². The van der Waals surface area contributed by atoms with Crippen LogP contribution in [-0.4, -0.2) is 59.6 Å². The average Bonchev–Trinajstić information content (AvgIpc) is 2.80. The molecule has 11 heteroatoms. The lowest BCUT2D eigenvalue weighted by Crippen LogP contribution is -2.60. The van der Waals surface area contributed by atoms with Crippen LogP contribution in [0, 0.1) is 11.3 Å². The molecule has 0 aliphatic heterocycles. The largest absolute Gasteiger partial charge is 0.468 e. The first-order valence-corrected chi connectivity index (χ1v) is 12.1. The van der Waals surface area contributed by atoms with Crippen LogP contribution in [0.15, 0.2) is 42.0 Å². The van der Waals surface area contributed by atoms with Gasteiger partial charge in [0.05, 0.1) is 33.1 Å². The van der Waals surface area contributed by atoms with Gasteiger partial charge in [0.25, 0.3) is 10.1 Å². The van der Waals surface area contributed by atoms with Crippen LogP contribution >= 0.6 is 0 Å². The first-order chi connectivity index (χ1) is 15.6. The number of rotatable bonds is 9.